The highest BCUT2D eigenvalue weighted by Gasteiger charge is 2.25. The van der Waals surface area contributed by atoms with Crippen molar-refractivity contribution in [1.82, 2.24) is 10.6 Å². The van der Waals surface area contributed by atoms with Crippen LogP contribution in [0.25, 0.3) is 0 Å². The second-order valence-electron chi connectivity index (χ2n) is 6.31. The summed E-state index contributed by atoms with van der Waals surface area (Å²) in [7, 11) is 0. The van der Waals surface area contributed by atoms with Crippen LogP contribution in [-0.2, 0) is 16.0 Å². The molecule has 24 heavy (non-hydrogen) atoms. The fourth-order valence-electron chi connectivity index (χ4n) is 1.92. The maximum absolute atomic E-state index is 11.8. The second kappa shape index (κ2) is 10.2. The van der Waals surface area contributed by atoms with Crippen LogP contribution >= 0.6 is 11.6 Å². The molecule has 0 heterocycles. The van der Waals surface area contributed by atoms with Crippen LogP contribution in [0.5, 0.6) is 5.75 Å². The monoisotopic (exact) mass is 354 g/mol. The quantitative estimate of drug-likeness (QED) is 0.501. The lowest BCUT2D eigenvalue weighted by molar-refractivity contribution is -0.128. The third-order valence-electron chi connectivity index (χ3n) is 3.51. The van der Waals surface area contributed by atoms with E-state index in [0.717, 1.165) is 12.8 Å². The normalized spacial score (nSPS) is 11.0. The van der Waals surface area contributed by atoms with Gasteiger partial charge in [-0.1, -0.05) is 25.5 Å². The first-order valence-corrected chi connectivity index (χ1v) is 8.75. The molecule has 2 amide bonds. The van der Waals surface area contributed by atoms with Crippen LogP contribution in [0.15, 0.2) is 24.3 Å². The van der Waals surface area contributed by atoms with E-state index in [4.69, 9.17) is 16.3 Å². The Morgan fingerprint density at radius 1 is 1.12 bits per heavy atom. The number of carbonyl (C=O) groups is 2. The van der Waals surface area contributed by atoms with Crippen LogP contribution in [0.3, 0.4) is 0 Å². The molecule has 1 aromatic rings. The molecule has 6 heteroatoms. The lowest BCUT2D eigenvalue weighted by Gasteiger charge is -2.20. The minimum Gasteiger partial charge on any atom is -0.484 e. The summed E-state index contributed by atoms with van der Waals surface area (Å²) in [6.07, 6.45) is 2.13. The number of aryl methyl sites for hydroxylation is 1. The van der Waals surface area contributed by atoms with Crippen LogP contribution < -0.4 is 15.4 Å². The van der Waals surface area contributed by atoms with Gasteiger partial charge in [-0.05, 0) is 38.0 Å². The molecule has 1 rings (SSSR count). The molecule has 0 aromatic heterocycles. The van der Waals surface area contributed by atoms with Crippen molar-refractivity contribution in [3.8, 4) is 5.75 Å². The zero-order valence-corrected chi connectivity index (χ0v) is 15.4. The third kappa shape index (κ3) is 7.21. The van der Waals surface area contributed by atoms with E-state index in [1.54, 1.807) is 13.8 Å². The summed E-state index contributed by atoms with van der Waals surface area (Å²) < 4.78 is 5.43. The Labute approximate surface area is 149 Å². The summed E-state index contributed by atoms with van der Waals surface area (Å²) >= 11 is 5.73. The van der Waals surface area contributed by atoms with Crippen molar-refractivity contribution >= 4 is 23.4 Å². The number of alkyl halides is 1. The predicted octanol–water partition coefficient (Wildman–Crippen LogP) is 2.52. The number of hydrogen-bond donors (Lipinski definition) is 2. The predicted molar refractivity (Wildman–Crippen MR) is 96.5 cm³/mol. The molecule has 0 fully saturated rings. The highest BCUT2D eigenvalue weighted by Crippen LogP contribution is 2.16. The van der Waals surface area contributed by atoms with E-state index in [9.17, 15) is 9.59 Å². The van der Waals surface area contributed by atoms with Crippen LogP contribution in [0.4, 0.5) is 0 Å². The summed E-state index contributed by atoms with van der Waals surface area (Å²) in [5, 5.41) is 5.44. The fourth-order valence-corrected chi connectivity index (χ4v) is 2.04. The van der Waals surface area contributed by atoms with Gasteiger partial charge in [0.15, 0.2) is 6.61 Å². The second-order valence-corrected chi connectivity index (χ2v) is 6.57. The van der Waals surface area contributed by atoms with Crippen LogP contribution in [0.1, 0.15) is 32.8 Å². The van der Waals surface area contributed by atoms with Crippen molar-refractivity contribution in [2.24, 2.45) is 5.41 Å². The van der Waals surface area contributed by atoms with E-state index in [1.807, 2.05) is 24.3 Å². The summed E-state index contributed by atoms with van der Waals surface area (Å²) in [4.78, 5) is 23.5. The Hall–Kier alpha value is -1.75. The number of ether oxygens (including phenoxy) is 1. The van der Waals surface area contributed by atoms with E-state index in [1.165, 1.54) is 5.56 Å². The third-order valence-corrected chi connectivity index (χ3v) is 4.18. The molecule has 0 aliphatic carbocycles. The molecule has 5 nitrogen and oxygen atoms in total. The highest BCUT2D eigenvalue weighted by molar-refractivity contribution is 6.19. The Kier molecular flexibility index (Phi) is 8.61. The smallest absolute Gasteiger partial charge is 0.258 e. The van der Waals surface area contributed by atoms with Gasteiger partial charge in [-0.25, -0.2) is 0 Å². The minimum atomic E-state index is -0.612. The zero-order valence-electron chi connectivity index (χ0n) is 14.7. The van der Waals surface area contributed by atoms with Gasteiger partial charge in [0.1, 0.15) is 5.75 Å². The molecule has 1 aromatic carbocycles. The molecule has 0 atom stereocenters. The lowest BCUT2D eigenvalue weighted by atomic mass is 9.95. The Morgan fingerprint density at radius 3 is 2.33 bits per heavy atom. The molecule has 0 spiro atoms. The van der Waals surface area contributed by atoms with E-state index in [0.29, 0.717) is 18.8 Å². The molecule has 0 bridgehead atoms. The zero-order chi connectivity index (χ0) is 18.0. The van der Waals surface area contributed by atoms with Crippen molar-refractivity contribution < 1.29 is 14.3 Å². The van der Waals surface area contributed by atoms with E-state index in [2.05, 4.69) is 17.6 Å². The lowest BCUT2D eigenvalue weighted by Crippen LogP contribution is -2.42. The van der Waals surface area contributed by atoms with E-state index >= 15 is 0 Å². The van der Waals surface area contributed by atoms with Crippen LogP contribution in [0.2, 0.25) is 0 Å². The molecule has 2 N–H and O–H groups in total. The Bertz CT molecular complexity index is 530. The summed E-state index contributed by atoms with van der Waals surface area (Å²) in [6.45, 7) is 6.33. The maximum atomic E-state index is 11.8. The first kappa shape index (κ1) is 20.3. The van der Waals surface area contributed by atoms with Gasteiger partial charge in [-0.3, -0.25) is 9.59 Å². The Morgan fingerprint density at radius 2 is 1.75 bits per heavy atom. The highest BCUT2D eigenvalue weighted by atomic mass is 35.5. The first-order chi connectivity index (χ1) is 11.4. The average Bonchev–Trinajstić information content (AvgIpc) is 2.58. The van der Waals surface area contributed by atoms with Gasteiger partial charge in [-0.15, -0.1) is 11.6 Å². The summed E-state index contributed by atoms with van der Waals surface area (Å²) in [5.41, 5.74) is 0.642. The SMILES string of the molecule is CCCc1ccc(OCC(=O)NCCNC(=O)C(C)(C)CCl)cc1. The molecule has 134 valence electrons. The van der Waals surface area contributed by atoms with Crippen molar-refractivity contribution in [1.29, 1.82) is 0 Å². The van der Waals surface area contributed by atoms with Crippen molar-refractivity contribution in [3.63, 3.8) is 0 Å². The molecule has 0 aliphatic heterocycles. The van der Waals surface area contributed by atoms with Gasteiger partial charge in [0, 0.05) is 19.0 Å². The molecule has 0 saturated carbocycles. The average molecular weight is 355 g/mol. The molecule has 0 unspecified atom stereocenters. The minimum absolute atomic E-state index is 0.0474. The standard InChI is InChI=1S/C18H27ClN2O3/c1-4-5-14-6-8-15(9-7-14)24-12-16(22)20-10-11-21-17(23)18(2,3)13-19/h6-9H,4-5,10-13H2,1-3H3,(H,20,22)(H,21,23). The number of benzene rings is 1. The summed E-state index contributed by atoms with van der Waals surface area (Å²) in [6, 6.07) is 7.75. The van der Waals surface area contributed by atoms with Crippen molar-refractivity contribution in [2.75, 3.05) is 25.6 Å². The topological polar surface area (TPSA) is 67.4 Å². The van der Waals surface area contributed by atoms with E-state index < -0.39 is 5.41 Å². The molecule has 0 aliphatic rings. The number of hydrogen-bond acceptors (Lipinski definition) is 3. The molecule has 0 saturated heterocycles. The van der Waals surface area contributed by atoms with Gasteiger partial charge < -0.3 is 15.4 Å². The van der Waals surface area contributed by atoms with E-state index in [-0.39, 0.29) is 24.3 Å². The first-order valence-electron chi connectivity index (χ1n) is 8.21. The van der Waals surface area contributed by atoms with Crippen molar-refractivity contribution in [3.05, 3.63) is 29.8 Å². The maximum Gasteiger partial charge on any atom is 0.258 e. The molecular formula is C18H27ClN2O3. The summed E-state index contributed by atoms with van der Waals surface area (Å²) in [5.74, 6) is 0.562. The van der Waals surface area contributed by atoms with Gasteiger partial charge in [-0.2, -0.15) is 0 Å². The van der Waals surface area contributed by atoms with Crippen molar-refractivity contribution in [2.45, 2.75) is 33.6 Å². The number of nitrogens with one attached hydrogen (secondary N) is 2. The van der Waals surface area contributed by atoms with Gasteiger partial charge in [0.05, 0.1) is 5.41 Å². The number of amides is 2. The Balaban J connectivity index is 2.21. The van der Waals surface area contributed by atoms with Gasteiger partial charge in [0.2, 0.25) is 5.91 Å². The van der Waals surface area contributed by atoms with Crippen LogP contribution in [0, 0.1) is 5.41 Å². The largest absolute Gasteiger partial charge is 0.484 e. The number of carbonyl (C=O) groups excluding carboxylic acids is 2. The number of rotatable bonds is 10. The molecule has 0 radical (unpaired) electrons. The number of halogens is 1. The van der Waals surface area contributed by atoms with Gasteiger partial charge in [0.25, 0.3) is 5.91 Å². The molecular weight excluding hydrogens is 328 g/mol. The fraction of sp³-hybridized carbons (Fsp3) is 0.556. The van der Waals surface area contributed by atoms with Gasteiger partial charge >= 0.3 is 0 Å². The van der Waals surface area contributed by atoms with Crippen LogP contribution in [-0.4, -0.2) is 37.4 Å².